The molecule has 0 saturated heterocycles. The van der Waals surface area contributed by atoms with Crippen LogP contribution in [-0.2, 0) is 5.75 Å². The molecule has 1 N–H and O–H groups in total. The Balaban J connectivity index is 1.79. The molecule has 0 amide bonds. The van der Waals surface area contributed by atoms with Gasteiger partial charge in [-0.3, -0.25) is 0 Å². The highest BCUT2D eigenvalue weighted by atomic mass is 35.5. The quantitative estimate of drug-likeness (QED) is 0.588. The molecular formula is C14H13ClN4S. The number of hydrogen-bond donors (Lipinski definition) is 1. The van der Waals surface area contributed by atoms with Crippen molar-refractivity contribution in [2.75, 3.05) is 0 Å². The molecule has 0 aliphatic heterocycles. The second-order valence-corrected chi connectivity index (χ2v) is 5.95. The number of imidazole rings is 1. The van der Waals surface area contributed by atoms with Gasteiger partial charge in [-0.15, -0.1) is 0 Å². The Morgan fingerprint density at radius 1 is 1.15 bits per heavy atom. The maximum atomic E-state index is 5.93. The molecule has 2 heterocycles. The summed E-state index contributed by atoms with van der Waals surface area (Å²) in [6.45, 7) is 3.97. The van der Waals surface area contributed by atoms with E-state index in [2.05, 4.69) is 39.0 Å². The number of H-pyrrole nitrogens is 1. The number of halogens is 1. The smallest absolute Gasteiger partial charge is 0.166 e. The predicted molar refractivity (Wildman–Crippen MR) is 82.2 cm³/mol. The topological polar surface area (TPSA) is 54.5 Å². The predicted octanol–water partition coefficient (Wildman–Crippen LogP) is 3.92. The van der Waals surface area contributed by atoms with Crippen LogP contribution in [0.4, 0.5) is 0 Å². The molecule has 4 nitrogen and oxygen atoms in total. The molecule has 3 rings (SSSR count). The lowest BCUT2D eigenvalue weighted by Crippen LogP contribution is -1.95. The number of aryl methyl sites for hydroxylation is 2. The van der Waals surface area contributed by atoms with Crippen LogP contribution < -0.4 is 0 Å². The minimum Gasteiger partial charge on any atom is -0.333 e. The largest absolute Gasteiger partial charge is 0.333 e. The molecule has 1 aromatic carbocycles. The Morgan fingerprint density at radius 2 is 2.00 bits per heavy atom. The third kappa shape index (κ3) is 2.94. The maximum Gasteiger partial charge on any atom is 0.166 e. The zero-order valence-corrected chi connectivity index (χ0v) is 12.7. The molecule has 0 aliphatic carbocycles. The Kier molecular flexibility index (Phi) is 3.63. The number of aromatic amines is 1. The van der Waals surface area contributed by atoms with Crippen LogP contribution in [0.3, 0.4) is 0 Å². The van der Waals surface area contributed by atoms with Gasteiger partial charge in [0.2, 0.25) is 0 Å². The van der Waals surface area contributed by atoms with Crippen molar-refractivity contribution in [2.24, 2.45) is 0 Å². The Morgan fingerprint density at radius 3 is 2.80 bits per heavy atom. The van der Waals surface area contributed by atoms with Crippen molar-refractivity contribution < 1.29 is 0 Å². The summed E-state index contributed by atoms with van der Waals surface area (Å²) in [4.78, 5) is 16.4. The van der Waals surface area contributed by atoms with Gasteiger partial charge < -0.3 is 4.98 Å². The molecule has 6 heteroatoms. The lowest BCUT2D eigenvalue weighted by Gasteiger charge is -2.00. The number of thioether (sulfide) groups is 1. The van der Waals surface area contributed by atoms with Gasteiger partial charge >= 0.3 is 0 Å². The number of rotatable bonds is 3. The van der Waals surface area contributed by atoms with Crippen LogP contribution in [0.2, 0.25) is 5.15 Å². The second-order valence-electron chi connectivity index (χ2n) is 4.60. The van der Waals surface area contributed by atoms with Gasteiger partial charge in [0.15, 0.2) is 5.16 Å². The number of hydrogen-bond acceptors (Lipinski definition) is 4. The summed E-state index contributed by atoms with van der Waals surface area (Å²) in [6, 6.07) is 7.92. The first kappa shape index (κ1) is 13.4. The van der Waals surface area contributed by atoms with E-state index in [1.54, 1.807) is 17.8 Å². The third-order valence-corrected chi connectivity index (χ3v) is 3.89. The van der Waals surface area contributed by atoms with Crippen molar-refractivity contribution in [1.29, 1.82) is 0 Å². The lowest BCUT2D eigenvalue weighted by atomic mass is 10.2. The summed E-state index contributed by atoms with van der Waals surface area (Å²) in [6.07, 6.45) is 0. The highest BCUT2D eigenvalue weighted by molar-refractivity contribution is 7.98. The molecule has 0 unspecified atom stereocenters. The lowest BCUT2D eigenvalue weighted by molar-refractivity contribution is 0.988. The van der Waals surface area contributed by atoms with E-state index in [0.29, 0.717) is 10.9 Å². The first-order valence-electron chi connectivity index (χ1n) is 6.19. The second kappa shape index (κ2) is 5.42. The van der Waals surface area contributed by atoms with Crippen LogP contribution in [0.1, 0.15) is 17.1 Å². The van der Waals surface area contributed by atoms with E-state index in [1.807, 2.05) is 13.0 Å². The summed E-state index contributed by atoms with van der Waals surface area (Å²) < 4.78 is 0. The van der Waals surface area contributed by atoms with Gasteiger partial charge in [-0.25, -0.2) is 15.0 Å². The molecule has 102 valence electrons. The van der Waals surface area contributed by atoms with Gasteiger partial charge in [-0.05, 0) is 37.6 Å². The number of fused-ring (bicyclic) bond motifs is 1. The summed E-state index contributed by atoms with van der Waals surface area (Å²) >= 11 is 7.50. The van der Waals surface area contributed by atoms with E-state index < -0.39 is 0 Å². The Hall–Kier alpha value is -1.59. The van der Waals surface area contributed by atoms with Gasteiger partial charge in [0, 0.05) is 5.69 Å². The fourth-order valence-corrected chi connectivity index (χ4v) is 2.95. The van der Waals surface area contributed by atoms with E-state index in [9.17, 15) is 0 Å². The van der Waals surface area contributed by atoms with E-state index >= 15 is 0 Å². The third-order valence-electron chi connectivity index (χ3n) is 2.82. The van der Waals surface area contributed by atoms with Crippen molar-refractivity contribution in [3.05, 3.63) is 46.5 Å². The highest BCUT2D eigenvalue weighted by Gasteiger charge is 2.06. The van der Waals surface area contributed by atoms with Crippen molar-refractivity contribution in [2.45, 2.75) is 24.8 Å². The fourth-order valence-electron chi connectivity index (χ4n) is 1.95. The number of nitrogens with zero attached hydrogens (tertiary/aromatic N) is 3. The van der Waals surface area contributed by atoms with Crippen LogP contribution in [0.25, 0.3) is 11.0 Å². The fraction of sp³-hybridized carbons (Fsp3) is 0.214. The molecule has 0 spiro atoms. The van der Waals surface area contributed by atoms with Crippen LogP contribution in [0, 0.1) is 13.8 Å². The summed E-state index contributed by atoms with van der Waals surface area (Å²) in [5.41, 5.74) is 4.12. The van der Waals surface area contributed by atoms with Gasteiger partial charge in [0.05, 0.1) is 16.8 Å². The first-order chi connectivity index (χ1) is 9.60. The average Bonchev–Trinajstić information content (AvgIpc) is 2.77. The molecule has 20 heavy (non-hydrogen) atoms. The van der Waals surface area contributed by atoms with Crippen LogP contribution in [0.5, 0.6) is 0 Å². The van der Waals surface area contributed by atoms with Crippen LogP contribution >= 0.6 is 23.4 Å². The SMILES string of the molecule is Cc1ccc2nc(SCc3nc(C)cc(Cl)n3)[nH]c2c1. The molecule has 0 radical (unpaired) electrons. The molecule has 0 aliphatic rings. The minimum absolute atomic E-state index is 0.480. The van der Waals surface area contributed by atoms with Gasteiger partial charge in [-0.1, -0.05) is 29.4 Å². The molecule has 0 bridgehead atoms. The molecule has 3 aromatic rings. The van der Waals surface area contributed by atoms with Crippen LogP contribution in [-0.4, -0.2) is 19.9 Å². The molecule has 0 fully saturated rings. The standard InChI is InChI=1S/C14H13ClN4S/c1-8-3-4-10-11(5-8)18-14(17-10)20-7-13-16-9(2)6-12(15)19-13/h3-6H,7H2,1-2H3,(H,17,18). The highest BCUT2D eigenvalue weighted by Crippen LogP contribution is 2.23. The zero-order chi connectivity index (χ0) is 14.1. The summed E-state index contributed by atoms with van der Waals surface area (Å²) in [5.74, 6) is 1.36. The van der Waals surface area contributed by atoms with E-state index in [0.717, 1.165) is 27.7 Å². The molecule has 0 saturated carbocycles. The molecular weight excluding hydrogens is 292 g/mol. The summed E-state index contributed by atoms with van der Waals surface area (Å²) in [7, 11) is 0. The monoisotopic (exact) mass is 304 g/mol. The van der Waals surface area contributed by atoms with E-state index in [1.165, 1.54) is 5.56 Å². The average molecular weight is 305 g/mol. The molecule has 2 aromatic heterocycles. The van der Waals surface area contributed by atoms with Crippen molar-refractivity contribution in [3.8, 4) is 0 Å². The van der Waals surface area contributed by atoms with E-state index in [4.69, 9.17) is 11.6 Å². The van der Waals surface area contributed by atoms with Gasteiger partial charge in [0.1, 0.15) is 11.0 Å². The zero-order valence-electron chi connectivity index (χ0n) is 11.1. The molecule has 0 atom stereocenters. The number of nitrogens with one attached hydrogen (secondary N) is 1. The van der Waals surface area contributed by atoms with Crippen molar-refractivity contribution in [3.63, 3.8) is 0 Å². The van der Waals surface area contributed by atoms with Crippen molar-refractivity contribution >= 4 is 34.4 Å². The normalized spacial score (nSPS) is 11.2. The van der Waals surface area contributed by atoms with Gasteiger partial charge in [-0.2, -0.15) is 0 Å². The first-order valence-corrected chi connectivity index (χ1v) is 7.56. The number of benzene rings is 1. The maximum absolute atomic E-state index is 5.93. The number of aromatic nitrogens is 4. The van der Waals surface area contributed by atoms with Gasteiger partial charge in [0.25, 0.3) is 0 Å². The van der Waals surface area contributed by atoms with Crippen molar-refractivity contribution in [1.82, 2.24) is 19.9 Å². The van der Waals surface area contributed by atoms with Crippen LogP contribution in [0.15, 0.2) is 29.4 Å². The summed E-state index contributed by atoms with van der Waals surface area (Å²) in [5, 5.41) is 1.35. The Bertz CT molecular complexity index is 749. The Labute approximate surface area is 126 Å². The minimum atomic E-state index is 0.480. The van der Waals surface area contributed by atoms with E-state index in [-0.39, 0.29) is 0 Å².